The van der Waals surface area contributed by atoms with Crippen molar-refractivity contribution in [1.29, 1.82) is 5.26 Å². The lowest BCUT2D eigenvalue weighted by Gasteiger charge is -2.04. The fraction of sp³-hybridized carbons (Fsp3) is 0.0769. The van der Waals surface area contributed by atoms with Crippen molar-refractivity contribution in [2.75, 3.05) is 0 Å². The molecule has 17 heavy (non-hydrogen) atoms. The molecule has 0 spiro atoms. The fourth-order valence-corrected chi connectivity index (χ4v) is 1.55. The molecule has 0 N–H and O–H groups in total. The SMILES string of the molecule is N#CCc1cc(-c2ccccc2F)cnc1F. The molecule has 1 aromatic heterocycles. The molecule has 0 saturated heterocycles. The van der Waals surface area contributed by atoms with Crippen molar-refractivity contribution in [1.82, 2.24) is 4.98 Å². The number of hydrogen-bond donors (Lipinski definition) is 0. The second-order valence-electron chi connectivity index (χ2n) is 3.49. The Morgan fingerprint density at radius 3 is 2.71 bits per heavy atom. The van der Waals surface area contributed by atoms with Gasteiger partial charge in [-0.1, -0.05) is 18.2 Å². The molecule has 2 nitrogen and oxygen atoms in total. The molecule has 2 aromatic rings. The third-order valence-corrected chi connectivity index (χ3v) is 2.37. The van der Waals surface area contributed by atoms with Gasteiger partial charge in [-0.2, -0.15) is 9.65 Å². The van der Waals surface area contributed by atoms with Crippen molar-refractivity contribution in [3.05, 3.63) is 53.9 Å². The van der Waals surface area contributed by atoms with Crippen LogP contribution < -0.4 is 0 Å². The lowest BCUT2D eigenvalue weighted by molar-refractivity contribution is 0.571. The van der Waals surface area contributed by atoms with Gasteiger partial charge in [-0.3, -0.25) is 0 Å². The highest BCUT2D eigenvalue weighted by molar-refractivity contribution is 5.63. The Kier molecular flexibility index (Phi) is 3.10. The molecule has 0 aliphatic heterocycles. The van der Waals surface area contributed by atoms with Crippen molar-refractivity contribution < 1.29 is 8.78 Å². The highest BCUT2D eigenvalue weighted by Crippen LogP contribution is 2.23. The van der Waals surface area contributed by atoms with E-state index in [1.54, 1.807) is 18.2 Å². The van der Waals surface area contributed by atoms with Crippen LogP contribution in [0.1, 0.15) is 5.56 Å². The Balaban J connectivity index is 2.51. The summed E-state index contributed by atoms with van der Waals surface area (Å²) in [6.07, 6.45) is 1.18. The maximum atomic E-state index is 13.5. The first-order valence-corrected chi connectivity index (χ1v) is 4.98. The van der Waals surface area contributed by atoms with Crippen molar-refractivity contribution in [2.45, 2.75) is 6.42 Å². The maximum Gasteiger partial charge on any atom is 0.217 e. The molecule has 0 saturated carbocycles. The summed E-state index contributed by atoms with van der Waals surface area (Å²) in [5, 5.41) is 8.54. The van der Waals surface area contributed by atoms with Crippen LogP contribution in [0.5, 0.6) is 0 Å². The largest absolute Gasteiger partial charge is 0.227 e. The number of hydrogen-bond acceptors (Lipinski definition) is 2. The van der Waals surface area contributed by atoms with Crippen LogP contribution in [0.4, 0.5) is 8.78 Å². The summed E-state index contributed by atoms with van der Waals surface area (Å²) in [6, 6.07) is 9.46. The van der Waals surface area contributed by atoms with Gasteiger partial charge in [0.1, 0.15) is 5.82 Å². The standard InChI is InChI=1S/C13H8F2N2/c14-12-4-2-1-3-11(12)10-7-9(5-6-16)13(15)17-8-10/h1-4,7-8H,5H2. The summed E-state index contributed by atoms with van der Waals surface area (Å²) in [7, 11) is 0. The number of rotatable bonds is 2. The Morgan fingerprint density at radius 1 is 1.24 bits per heavy atom. The molecule has 0 amide bonds. The molecule has 0 aliphatic carbocycles. The van der Waals surface area contributed by atoms with Crippen LogP contribution in [0.3, 0.4) is 0 Å². The van der Waals surface area contributed by atoms with Crippen molar-refractivity contribution in [3.63, 3.8) is 0 Å². The summed E-state index contributed by atoms with van der Waals surface area (Å²) < 4.78 is 26.7. The van der Waals surface area contributed by atoms with E-state index >= 15 is 0 Å². The van der Waals surface area contributed by atoms with E-state index in [1.807, 2.05) is 6.07 Å². The summed E-state index contributed by atoms with van der Waals surface area (Å²) in [5.74, 6) is -1.09. The van der Waals surface area contributed by atoms with Gasteiger partial charge in [-0.15, -0.1) is 0 Å². The minimum absolute atomic E-state index is 0.0822. The smallest absolute Gasteiger partial charge is 0.217 e. The van der Waals surface area contributed by atoms with E-state index in [-0.39, 0.29) is 12.0 Å². The van der Waals surface area contributed by atoms with Crippen molar-refractivity contribution >= 4 is 0 Å². The van der Waals surface area contributed by atoms with Crippen LogP contribution in [-0.2, 0) is 6.42 Å². The van der Waals surface area contributed by atoms with Crippen molar-refractivity contribution in [3.8, 4) is 17.2 Å². The lowest BCUT2D eigenvalue weighted by Crippen LogP contribution is -1.95. The van der Waals surface area contributed by atoms with E-state index in [0.717, 1.165) is 0 Å². The average molecular weight is 230 g/mol. The van der Waals surface area contributed by atoms with E-state index in [2.05, 4.69) is 4.98 Å². The van der Waals surface area contributed by atoms with Gasteiger partial charge in [0, 0.05) is 22.9 Å². The Labute approximate surface area is 97.2 Å². The molecular weight excluding hydrogens is 222 g/mol. The zero-order valence-corrected chi connectivity index (χ0v) is 8.82. The highest BCUT2D eigenvalue weighted by atomic mass is 19.1. The topological polar surface area (TPSA) is 36.7 Å². The first-order valence-electron chi connectivity index (χ1n) is 4.98. The van der Waals surface area contributed by atoms with Crippen LogP contribution in [0.25, 0.3) is 11.1 Å². The maximum absolute atomic E-state index is 13.5. The molecule has 2 rings (SSSR count). The summed E-state index contributed by atoms with van der Waals surface area (Å²) >= 11 is 0. The summed E-state index contributed by atoms with van der Waals surface area (Å²) in [6.45, 7) is 0. The predicted molar refractivity (Wildman–Crippen MR) is 58.9 cm³/mol. The third-order valence-electron chi connectivity index (χ3n) is 2.37. The quantitative estimate of drug-likeness (QED) is 0.743. The average Bonchev–Trinajstić information content (AvgIpc) is 2.33. The van der Waals surface area contributed by atoms with E-state index < -0.39 is 11.8 Å². The zero-order valence-electron chi connectivity index (χ0n) is 8.82. The van der Waals surface area contributed by atoms with Crippen molar-refractivity contribution in [2.24, 2.45) is 0 Å². The summed E-state index contributed by atoms with van der Waals surface area (Å²) in [5.41, 5.74) is 0.988. The molecule has 1 heterocycles. The molecule has 1 aromatic carbocycles. The first-order chi connectivity index (χ1) is 8.22. The molecule has 4 heteroatoms. The molecule has 0 aliphatic rings. The molecule has 84 valence electrons. The minimum Gasteiger partial charge on any atom is -0.227 e. The number of aromatic nitrogens is 1. The Bertz CT molecular complexity index is 588. The van der Waals surface area contributed by atoms with Crippen LogP contribution in [-0.4, -0.2) is 4.98 Å². The van der Waals surface area contributed by atoms with Crippen LogP contribution >= 0.6 is 0 Å². The molecule has 0 radical (unpaired) electrons. The van der Waals surface area contributed by atoms with Gasteiger partial charge in [0.2, 0.25) is 5.95 Å². The second-order valence-corrected chi connectivity index (χ2v) is 3.49. The zero-order chi connectivity index (χ0) is 12.3. The van der Waals surface area contributed by atoms with Crippen LogP contribution in [0.15, 0.2) is 36.5 Å². The van der Waals surface area contributed by atoms with Gasteiger partial charge in [-0.05, 0) is 12.1 Å². The van der Waals surface area contributed by atoms with E-state index in [9.17, 15) is 8.78 Å². The molecule has 0 unspecified atom stereocenters. The molecule has 0 fully saturated rings. The normalized spacial score (nSPS) is 9.94. The highest BCUT2D eigenvalue weighted by Gasteiger charge is 2.09. The lowest BCUT2D eigenvalue weighted by atomic mass is 10.0. The molecule has 0 atom stereocenters. The number of benzene rings is 1. The van der Waals surface area contributed by atoms with Crippen LogP contribution in [0, 0.1) is 23.1 Å². The Morgan fingerprint density at radius 2 is 2.00 bits per heavy atom. The first kappa shape index (κ1) is 11.2. The van der Waals surface area contributed by atoms with Crippen LogP contribution in [0.2, 0.25) is 0 Å². The molecule has 0 bridgehead atoms. The number of halogens is 2. The number of pyridine rings is 1. The van der Waals surface area contributed by atoms with E-state index in [0.29, 0.717) is 11.1 Å². The third kappa shape index (κ3) is 2.28. The number of nitrogens with zero attached hydrogens (tertiary/aromatic N) is 2. The number of nitriles is 1. The monoisotopic (exact) mass is 230 g/mol. The summed E-state index contributed by atoms with van der Waals surface area (Å²) in [4.78, 5) is 3.53. The fourth-order valence-electron chi connectivity index (χ4n) is 1.55. The van der Waals surface area contributed by atoms with Gasteiger partial charge in [0.25, 0.3) is 0 Å². The molecular formula is C13H8F2N2. The van der Waals surface area contributed by atoms with Gasteiger partial charge >= 0.3 is 0 Å². The van der Waals surface area contributed by atoms with Gasteiger partial charge < -0.3 is 0 Å². The van der Waals surface area contributed by atoms with Gasteiger partial charge in [0.15, 0.2) is 0 Å². The Hall–Kier alpha value is -2.28. The van der Waals surface area contributed by atoms with E-state index in [4.69, 9.17) is 5.26 Å². The van der Waals surface area contributed by atoms with Gasteiger partial charge in [0.05, 0.1) is 12.5 Å². The van der Waals surface area contributed by atoms with Gasteiger partial charge in [-0.25, -0.2) is 9.37 Å². The van der Waals surface area contributed by atoms with E-state index in [1.165, 1.54) is 18.3 Å². The minimum atomic E-state index is -0.688. The second kappa shape index (κ2) is 4.71. The predicted octanol–water partition coefficient (Wildman–Crippen LogP) is 3.09.